The molecule has 0 N–H and O–H groups in total. The topological polar surface area (TPSA) is 55.3 Å². The summed E-state index contributed by atoms with van der Waals surface area (Å²) < 4.78 is 18.6. The molecule has 1 fully saturated rings. The Labute approximate surface area is 134 Å². The van der Waals surface area contributed by atoms with Crippen LogP contribution < -0.4 is 4.74 Å². The van der Waals surface area contributed by atoms with Crippen LogP contribution in [0.5, 0.6) is 6.01 Å². The van der Waals surface area contributed by atoms with E-state index in [4.69, 9.17) is 4.74 Å². The number of benzene rings is 1. The molecule has 0 bridgehead atoms. The highest BCUT2D eigenvalue weighted by Crippen LogP contribution is 2.16. The van der Waals surface area contributed by atoms with Gasteiger partial charge in [0.15, 0.2) is 0 Å². The molecular formula is C17H18FN3O2. The van der Waals surface area contributed by atoms with E-state index in [1.54, 1.807) is 35.5 Å². The minimum absolute atomic E-state index is 0.0267. The Bertz CT molecular complexity index is 649. The zero-order valence-corrected chi connectivity index (χ0v) is 12.7. The van der Waals surface area contributed by atoms with E-state index >= 15 is 0 Å². The van der Waals surface area contributed by atoms with Gasteiger partial charge >= 0.3 is 6.01 Å². The van der Waals surface area contributed by atoms with Gasteiger partial charge < -0.3 is 9.64 Å². The number of rotatable bonds is 4. The van der Waals surface area contributed by atoms with E-state index in [1.165, 1.54) is 12.1 Å². The van der Waals surface area contributed by atoms with Crippen molar-refractivity contribution in [2.75, 3.05) is 13.1 Å². The van der Waals surface area contributed by atoms with Crippen molar-refractivity contribution in [1.82, 2.24) is 14.9 Å². The molecule has 0 spiro atoms. The first kappa shape index (κ1) is 15.4. The summed E-state index contributed by atoms with van der Waals surface area (Å²) in [5.74, 6) is -0.269. The van der Waals surface area contributed by atoms with E-state index in [1.807, 2.05) is 0 Å². The van der Waals surface area contributed by atoms with Crippen molar-refractivity contribution in [2.45, 2.75) is 25.4 Å². The number of likely N-dealkylation sites (tertiary alicyclic amines) is 1. The number of amides is 1. The molecule has 0 radical (unpaired) electrons. The smallest absolute Gasteiger partial charge is 0.316 e. The number of nitrogens with zero attached hydrogens (tertiary/aromatic N) is 3. The lowest BCUT2D eigenvalue weighted by Crippen LogP contribution is -2.45. The van der Waals surface area contributed by atoms with E-state index in [0.717, 1.165) is 24.9 Å². The van der Waals surface area contributed by atoms with Crippen molar-refractivity contribution in [3.8, 4) is 6.01 Å². The summed E-state index contributed by atoms with van der Waals surface area (Å²) >= 11 is 0. The summed E-state index contributed by atoms with van der Waals surface area (Å²) in [4.78, 5) is 22.3. The highest BCUT2D eigenvalue weighted by Gasteiger charge is 2.25. The van der Waals surface area contributed by atoms with Crippen LogP contribution in [0.15, 0.2) is 42.7 Å². The predicted octanol–water partition coefficient (Wildman–Crippen LogP) is 2.23. The predicted molar refractivity (Wildman–Crippen MR) is 82.4 cm³/mol. The zero-order valence-electron chi connectivity index (χ0n) is 12.7. The number of hydrogen-bond donors (Lipinski definition) is 0. The second-order valence-corrected chi connectivity index (χ2v) is 5.56. The van der Waals surface area contributed by atoms with Crippen LogP contribution in [0.2, 0.25) is 0 Å². The maximum absolute atomic E-state index is 12.9. The monoisotopic (exact) mass is 315 g/mol. The van der Waals surface area contributed by atoms with E-state index in [0.29, 0.717) is 12.6 Å². The van der Waals surface area contributed by atoms with E-state index < -0.39 is 0 Å². The largest absolute Gasteiger partial charge is 0.458 e. The van der Waals surface area contributed by atoms with Gasteiger partial charge in [-0.05, 0) is 36.6 Å². The van der Waals surface area contributed by atoms with Gasteiger partial charge in [-0.3, -0.25) is 4.79 Å². The fourth-order valence-electron chi connectivity index (χ4n) is 2.64. The molecule has 2 heterocycles. The van der Waals surface area contributed by atoms with Gasteiger partial charge in [-0.15, -0.1) is 0 Å². The van der Waals surface area contributed by atoms with Crippen LogP contribution in [0.25, 0.3) is 0 Å². The summed E-state index contributed by atoms with van der Waals surface area (Å²) in [5, 5.41) is 0. The molecule has 1 aromatic carbocycles. The molecule has 0 aliphatic carbocycles. The van der Waals surface area contributed by atoms with Crippen LogP contribution in [0.1, 0.15) is 18.4 Å². The third-order valence-corrected chi connectivity index (χ3v) is 3.81. The number of ether oxygens (including phenoxy) is 1. The molecule has 1 aliphatic rings. The SMILES string of the molecule is O=C(Cc1ccc(F)cc1)N1CCCC(Oc2ncccn2)C1. The molecule has 2 aromatic rings. The lowest BCUT2D eigenvalue weighted by molar-refractivity contribution is -0.133. The van der Waals surface area contributed by atoms with E-state index in [2.05, 4.69) is 9.97 Å². The van der Waals surface area contributed by atoms with Gasteiger partial charge in [0, 0.05) is 18.9 Å². The lowest BCUT2D eigenvalue weighted by atomic mass is 10.1. The van der Waals surface area contributed by atoms with Crippen LogP contribution in [0.4, 0.5) is 4.39 Å². The fourth-order valence-corrected chi connectivity index (χ4v) is 2.64. The Morgan fingerprint density at radius 2 is 2.00 bits per heavy atom. The third kappa shape index (κ3) is 4.25. The Balaban J connectivity index is 1.57. The molecule has 3 rings (SSSR count). The van der Waals surface area contributed by atoms with Gasteiger partial charge in [0.1, 0.15) is 11.9 Å². The van der Waals surface area contributed by atoms with Crippen molar-refractivity contribution in [1.29, 1.82) is 0 Å². The average Bonchev–Trinajstić information content (AvgIpc) is 2.58. The molecule has 1 unspecified atom stereocenters. The highest BCUT2D eigenvalue weighted by atomic mass is 19.1. The summed E-state index contributed by atoms with van der Waals surface area (Å²) in [6.45, 7) is 1.24. The van der Waals surface area contributed by atoms with Crippen molar-refractivity contribution in [3.05, 3.63) is 54.1 Å². The van der Waals surface area contributed by atoms with Crippen LogP contribution in [-0.4, -0.2) is 40.0 Å². The molecule has 1 aliphatic heterocycles. The maximum atomic E-state index is 12.9. The molecule has 120 valence electrons. The Morgan fingerprint density at radius 3 is 2.74 bits per heavy atom. The maximum Gasteiger partial charge on any atom is 0.316 e. The van der Waals surface area contributed by atoms with Crippen LogP contribution in [-0.2, 0) is 11.2 Å². The van der Waals surface area contributed by atoms with Crippen molar-refractivity contribution in [3.63, 3.8) is 0 Å². The minimum Gasteiger partial charge on any atom is -0.458 e. The van der Waals surface area contributed by atoms with Crippen molar-refractivity contribution >= 4 is 5.91 Å². The fraction of sp³-hybridized carbons (Fsp3) is 0.353. The van der Waals surface area contributed by atoms with Gasteiger partial charge in [-0.2, -0.15) is 0 Å². The highest BCUT2D eigenvalue weighted by molar-refractivity contribution is 5.78. The second kappa shape index (κ2) is 7.17. The first-order chi connectivity index (χ1) is 11.2. The number of piperidine rings is 1. The van der Waals surface area contributed by atoms with E-state index in [9.17, 15) is 9.18 Å². The summed E-state index contributed by atoms with van der Waals surface area (Å²) in [6, 6.07) is 8.10. The Hall–Kier alpha value is -2.50. The number of aromatic nitrogens is 2. The van der Waals surface area contributed by atoms with E-state index in [-0.39, 0.29) is 24.2 Å². The van der Waals surface area contributed by atoms with Gasteiger partial charge in [0.25, 0.3) is 0 Å². The molecule has 23 heavy (non-hydrogen) atoms. The Morgan fingerprint density at radius 1 is 1.26 bits per heavy atom. The van der Waals surface area contributed by atoms with Crippen LogP contribution >= 0.6 is 0 Å². The lowest BCUT2D eigenvalue weighted by Gasteiger charge is -2.32. The van der Waals surface area contributed by atoms with Crippen molar-refractivity contribution in [2.24, 2.45) is 0 Å². The summed E-state index contributed by atoms with van der Waals surface area (Å²) in [6.07, 6.45) is 5.19. The average molecular weight is 315 g/mol. The molecule has 6 heteroatoms. The number of hydrogen-bond acceptors (Lipinski definition) is 4. The van der Waals surface area contributed by atoms with Crippen LogP contribution in [0, 0.1) is 5.82 Å². The molecular weight excluding hydrogens is 297 g/mol. The molecule has 5 nitrogen and oxygen atoms in total. The number of carbonyl (C=O) groups is 1. The molecule has 0 saturated carbocycles. The van der Waals surface area contributed by atoms with Gasteiger partial charge in [-0.25, -0.2) is 14.4 Å². The standard InChI is InChI=1S/C17H18FN3O2/c18-14-6-4-13(5-7-14)11-16(22)21-10-1-3-15(12-21)23-17-19-8-2-9-20-17/h2,4-9,15H,1,3,10-12H2. The van der Waals surface area contributed by atoms with Gasteiger partial charge in [0.2, 0.25) is 5.91 Å². The minimum atomic E-state index is -0.296. The van der Waals surface area contributed by atoms with Crippen LogP contribution in [0.3, 0.4) is 0 Å². The first-order valence-corrected chi connectivity index (χ1v) is 7.66. The third-order valence-electron chi connectivity index (χ3n) is 3.81. The number of carbonyl (C=O) groups excluding carboxylic acids is 1. The quantitative estimate of drug-likeness (QED) is 0.868. The molecule has 1 atom stereocenters. The molecule has 1 aromatic heterocycles. The molecule has 1 amide bonds. The Kier molecular flexibility index (Phi) is 4.80. The van der Waals surface area contributed by atoms with Crippen molar-refractivity contribution < 1.29 is 13.9 Å². The van der Waals surface area contributed by atoms with Gasteiger partial charge in [0.05, 0.1) is 13.0 Å². The summed E-state index contributed by atoms with van der Waals surface area (Å²) in [7, 11) is 0. The zero-order chi connectivity index (χ0) is 16.1. The first-order valence-electron chi connectivity index (χ1n) is 7.66. The number of halogens is 1. The molecule has 1 saturated heterocycles. The normalized spacial score (nSPS) is 17.8. The van der Waals surface area contributed by atoms with Gasteiger partial charge in [-0.1, -0.05) is 12.1 Å². The second-order valence-electron chi connectivity index (χ2n) is 5.56. The summed E-state index contributed by atoms with van der Waals surface area (Å²) in [5.41, 5.74) is 0.811.